The van der Waals surface area contributed by atoms with Crippen LogP contribution in [-0.4, -0.2) is 103 Å². The molecular weight excluding hydrogens is 682 g/mol. The van der Waals surface area contributed by atoms with Crippen molar-refractivity contribution in [2.24, 2.45) is 11.5 Å². The highest BCUT2D eigenvalue weighted by Gasteiger charge is 2.36. The first-order valence-electron chi connectivity index (χ1n) is 16.9. The molecule has 0 aliphatic carbocycles. The molecule has 1 unspecified atom stereocenters. The SMILES string of the molecule is C[C@H](NC(=O)[C@@H](NC(=O)[C@H](CCN)NC(=O)c1ccc(-c2ccc(Cl)cc2)cc1)[C@@H](C)O)C(=O)N[C@@H](CCCCN)C(=O)N[C@@H](C)C(=O)C1CO1. The van der Waals surface area contributed by atoms with E-state index in [1.54, 1.807) is 36.4 Å². The molecule has 5 amide bonds. The maximum Gasteiger partial charge on any atom is 0.251 e. The van der Waals surface area contributed by atoms with Crippen molar-refractivity contribution in [3.8, 4) is 11.1 Å². The van der Waals surface area contributed by atoms with Crippen molar-refractivity contribution in [2.75, 3.05) is 19.7 Å². The van der Waals surface area contributed by atoms with Crippen LogP contribution in [0.3, 0.4) is 0 Å². The number of rotatable bonds is 20. The Morgan fingerprint density at radius 3 is 1.82 bits per heavy atom. The lowest BCUT2D eigenvalue weighted by Crippen LogP contribution is -2.60. The molecule has 2 aromatic rings. The van der Waals surface area contributed by atoms with Crippen LogP contribution < -0.4 is 38.1 Å². The van der Waals surface area contributed by atoms with E-state index in [1.807, 2.05) is 12.1 Å². The lowest BCUT2D eigenvalue weighted by atomic mass is 10.0. The van der Waals surface area contributed by atoms with Crippen molar-refractivity contribution in [3.63, 3.8) is 0 Å². The fraction of sp³-hybridized carbons (Fsp3) is 0.486. The summed E-state index contributed by atoms with van der Waals surface area (Å²) in [5.74, 6) is -3.79. The van der Waals surface area contributed by atoms with Crippen molar-refractivity contribution in [2.45, 2.75) is 88.9 Å². The van der Waals surface area contributed by atoms with Crippen LogP contribution in [-0.2, 0) is 28.7 Å². The molecule has 0 radical (unpaired) electrons. The topological polar surface area (TPSA) is 247 Å². The average molecular weight is 730 g/mol. The first-order chi connectivity index (χ1) is 24.2. The molecule has 51 heavy (non-hydrogen) atoms. The number of Topliss-reactive ketones (excluding diaryl/α,β-unsaturated/α-hetero) is 1. The van der Waals surface area contributed by atoms with Crippen molar-refractivity contribution in [1.29, 1.82) is 0 Å². The second kappa shape index (κ2) is 19.8. The second-order valence-electron chi connectivity index (χ2n) is 12.4. The molecule has 1 saturated heterocycles. The number of hydrogen-bond acceptors (Lipinski definition) is 10. The van der Waals surface area contributed by atoms with Gasteiger partial charge < -0.3 is 47.9 Å². The van der Waals surface area contributed by atoms with Gasteiger partial charge in [-0.05, 0) is 94.9 Å². The zero-order valence-corrected chi connectivity index (χ0v) is 29.7. The summed E-state index contributed by atoms with van der Waals surface area (Å²) in [6.45, 7) is 4.87. The third-order valence-corrected chi connectivity index (χ3v) is 8.48. The van der Waals surface area contributed by atoms with Gasteiger partial charge in [0.2, 0.25) is 23.6 Å². The van der Waals surface area contributed by atoms with Gasteiger partial charge in [0.1, 0.15) is 30.3 Å². The normalized spacial score (nSPS) is 17.0. The van der Waals surface area contributed by atoms with E-state index in [-0.39, 0.29) is 30.7 Å². The minimum Gasteiger partial charge on any atom is -0.391 e. The van der Waals surface area contributed by atoms with Gasteiger partial charge in [0, 0.05) is 10.6 Å². The molecule has 1 aliphatic rings. The maximum absolute atomic E-state index is 13.3. The Balaban J connectivity index is 1.61. The van der Waals surface area contributed by atoms with Gasteiger partial charge >= 0.3 is 0 Å². The summed E-state index contributed by atoms with van der Waals surface area (Å²) >= 11 is 5.97. The third kappa shape index (κ3) is 12.7. The van der Waals surface area contributed by atoms with E-state index in [1.165, 1.54) is 20.8 Å². The summed E-state index contributed by atoms with van der Waals surface area (Å²) in [6, 6.07) is 8.19. The number of carbonyl (C=O) groups is 6. The number of hydrogen-bond donors (Lipinski definition) is 8. The standard InChI is InChI=1S/C35H48ClN7O8/c1-19(30(45)28-18-51-28)39-33(48)26(6-4-5-16-37)41-31(46)20(2)40-35(50)29(21(3)44)43-34(49)27(15-17-38)42-32(47)24-9-7-22(8-10-24)23-11-13-25(36)14-12-23/h7-14,19-21,26-29,44H,4-6,15-18,37-38H2,1-3H3,(H,39,48)(H,40,50)(H,41,46)(H,42,47)(H,43,49)/t19-,20-,21+,26-,27-,28?,29-/m0/s1. The molecule has 278 valence electrons. The predicted molar refractivity (Wildman–Crippen MR) is 190 cm³/mol. The molecular formula is C35H48ClN7O8. The largest absolute Gasteiger partial charge is 0.391 e. The highest BCUT2D eigenvalue weighted by Crippen LogP contribution is 2.22. The molecule has 0 aromatic heterocycles. The summed E-state index contributed by atoms with van der Waals surface area (Å²) in [6.07, 6.45) is -0.599. The Morgan fingerprint density at radius 1 is 0.725 bits per heavy atom. The summed E-state index contributed by atoms with van der Waals surface area (Å²) in [7, 11) is 0. The Labute approximate surface area is 301 Å². The van der Waals surface area contributed by atoms with Crippen LogP contribution >= 0.6 is 11.6 Å². The zero-order valence-electron chi connectivity index (χ0n) is 28.9. The maximum atomic E-state index is 13.3. The van der Waals surface area contributed by atoms with Crippen molar-refractivity contribution >= 4 is 46.9 Å². The first-order valence-corrected chi connectivity index (χ1v) is 17.2. The number of aliphatic hydroxyl groups excluding tert-OH is 1. The molecule has 1 fully saturated rings. The number of amides is 5. The van der Waals surface area contributed by atoms with E-state index in [2.05, 4.69) is 26.6 Å². The van der Waals surface area contributed by atoms with Crippen molar-refractivity contribution < 1.29 is 38.6 Å². The van der Waals surface area contributed by atoms with Gasteiger partial charge in [0.25, 0.3) is 5.91 Å². The van der Waals surface area contributed by atoms with Crippen LogP contribution in [0.25, 0.3) is 11.1 Å². The molecule has 16 heteroatoms. The number of unbranched alkanes of at least 4 members (excludes halogenated alkanes) is 1. The van der Waals surface area contributed by atoms with Gasteiger partial charge in [0.05, 0.1) is 18.8 Å². The molecule has 2 aromatic carbocycles. The van der Waals surface area contributed by atoms with E-state index in [0.717, 1.165) is 11.1 Å². The van der Waals surface area contributed by atoms with Crippen LogP contribution in [0, 0.1) is 0 Å². The van der Waals surface area contributed by atoms with Crippen LogP contribution in [0.4, 0.5) is 0 Å². The minimum absolute atomic E-state index is 0.0257. The lowest BCUT2D eigenvalue weighted by Gasteiger charge is -2.26. The molecule has 15 nitrogen and oxygen atoms in total. The monoisotopic (exact) mass is 729 g/mol. The molecule has 0 saturated carbocycles. The molecule has 1 heterocycles. The summed E-state index contributed by atoms with van der Waals surface area (Å²) in [5, 5.41) is 23.7. The number of nitrogens with two attached hydrogens (primary N) is 2. The number of nitrogens with one attached hydrogen (secondary N) is 5. The fourth-order valence-electron chi connectivity index (χ4n) is 5.10. The van der Waals surface area contributed by atoms with Gasteiger partial charge in [-0.3, -0.25) is 28.8 Å². The smallest absolute Gasteiger partial charge is 0.251 e. The highest BCUT2D eigenvalue weighted by atomic mass is 35.5. The quantitative estimate of drug-likeness (QED) is 0.0665. The van der Waals surface area contributed by atoms with E-state index >= 15 is 0 Å². The Kier molecular flexibility index (Phi) is 16.0. The molecule has 0 bridgehead atoms. The molecule has 10 N–H and O–H groups in total. The Hall–Kier alpha value is -4.41. The number of benzene rings is 2. The average Bonchev–Trinajstić information content (AvgIpc) is 3.95. The molecule has 7 atom stereocenters. The van der Waals surface area contributed by atoms with Crippen LogP contribution in [0.2, 0.25) is 5.02 Å². The number of carbonyl (C=O) groups excluding carboxylic acids is 6. The number of epoxide rings is 1. The van der Waals surface area contributed by atoms with Crippen molar-refractivity contribution in [3.05, 3.63) is 59.1 Å². The number of aliphatic hydroxyl groups is 1. The van der Waals surface area contributed by atoms with E-state index < -0.39 is 72.0 Å². The fourth-order valence-corrected chi connectivity index (χ4v) is 5.22. The zero-order chi connectivity index (χ0) is 37.7. The minimum atomic E-state index is -1.51. The molecule has 3 rings (SSSR count). The van der Waals surface area contributed by atoms with Crippen LogP contribution in [0.1, 0.15) is 56.8 Å². The summed E-state index contributed by atoms with van der Waals surface area (Å²) in [5.41, 5.74) is 13.3. The van der Waals surface area contributed by atoms with Gasteiger partial charge in [-0.25, -0.2) is 0 Å². The summed E-state index contributed by atoms with van der Waals surface area (Å²) < 4.78 is 4.99. The number of ketones is 1. The van der Waals surface area contributed by atoms with Crippen LogP contribution in [0.15, 0.2) is 48.5 Å². The number of ether oxygens (including phenoxy) is 1. The summed E-state index contributed by atoms with van der Waals surface area (Å²) in [4.78, 5) is 77.9. The predicted octanol–water partition coefficient (Wildman–Crippen LogP) is -0.0891. The third-order valence-electron chi connectivity index (χ3n) is 8.23. The van der Waals surface area contributed by atoms with Gasteiger partial charge in [0.15, 0.2) is 5.78 Å². The molecule has 1 aliphatic heterocycles. The lowest BCUT2D eigenvalue weighted by molar-refractivity contribution is -0.135. The van der Waals surface area contributed by atoms with E-state index in [0.29, 0.717) is 31.0 Å². The highest BCUT2D eigenvalue weighted by molar-refractivity contribution is 6.30. The van der Waals surface area contributed by atoms with Gasteiger partial charge in [-0.1, -0.05) is 35.9 Å². The van der Waals surface area contributed by atoms with E-state index in [9.17, 15) is 33.9 Å². The first kappa shape index (κ1) is 41.0. The van der Waals surface area contributed by atoms with Gasteiger partial charge in [-0.2, -0.15) is 0 Å². The second-order valence-corrected chi connectivity index (χ2v) is 12.9. The Bertz CT molecular complexity index is 1520. The van der Waals surface area contributed by atoms with Gasteiger partial charge in [-0.15, -0.1) is 0 Å². The van der Waals surface area contributed by atoms with E-state index in [4.69, 9.17) is 27.8 Å². The van der Waals surface area contributed by atoms with Crippen LogP contribution in [0.5, 0.6) is 0 Å². The Morgan fingerprint density at radius 2 is 1.27 bits per heavy atom. The van der Waals surface area contributed by atoms with Crippen molar-refractivity contribution in [1.82, 2.24) is 26.6 Å². The molecule has 0 spiro atoms. The number of halogens is 1.